The highest BCUT2D eigenvalue weighted by atomic mass is 32.1. The monoisotopic (exact) mass is 249 g/mol. The molecule has 0 aliphatic rings. The van der Waals surface area contributed by atoms with E-state index in [1.54, 1.807) is 24.6 Å². The summed E-state index contributed by atoms with van der Waals surface area (Å²) < 4.78 is 5.17. The summed E-state index contributed by atoms with van der Waals surface area (Å²) in [7, 11) is 1.66. The molecule has 0 aliphatic carbocycles. The van der Waals surface area contributed by atoms with E-state index in [-0.39, 0.29) is 6.04 Å². The van der Waals surface area contributed by atoms with Gasteiger partial charge in [0.15, 0.2) is 0 Å². The number of aromatic nitrogens is 1. The number of hydrazine groups is 1. The van der Waals surface area contributed by atoms with E-state index < -0.39 is 0 Å². The summed E-state index contributed by atoms with van der Waals surface area (Å²) in [6, 6.07) is 6.07. The van der Waals surface area contributed by atoms with Gasteiger partial charge < -0.3 is 4.74 Å². The summed E-state index contributed by atoms with van der Waals surface area (Å²) in [5.74, 6) is 6.47. The second-order valence-corrected chi connectivity index (χ2v) is 4.62. The van der Waals surface area contributed by atoms with Gasteiger partial charge in [-0.15, -0.1) is 11.3 Å². The normalized spacial score (nSPS) is 12.4. The summed E-state index contributed by atoms with van der Waals surface area (Å²) in [5, 5.41) is 1.98. The Labute approximate surface area is 104 Å². The molecule has 0 saturated heterocycles. The lowest BCUT2D eigenvalue weighted by molar-refractivity contribution is 0.415. The number of nitrogens with two attached hydrogens (primary N) is 1. The van der Waals surface area contributed by atoms with Crippen molar-refractivity contribution < 1.29 is 4.74 Å². The number of methoxy groups -OCH3 is 1. The van der Waals surface area contributed by atoms with Gasteiger partial charge in [0.25, 0.3) is 0 Å². The molecule has 0 bridgehead atoms. The van der Waals surface area contributed by atoms with Crippen molar-refractivity contribution in [2.24, 2.45) is 5.84 Å². The third kappa shape index (κ3) is 3.03. The Balaban J connectivity index is 2.11. The largest absolute Gasteiger partial charge is 0.496 e. The lowest BCUT2D eigenvalue weighted by Crippen LogP contribution is -2.28. The average Bonchev–Trinajstić information content (AvgIpc) is 2.86. The first-order valence-corrected chi connectivity index (χ1v) is 6.19. The zero-order valence-electron chi connectivity index (χ0n) is 9.59. The number of hydrogen-bond donors (Lipinski definition) is 2. The van der Waals surface area contributed by atoms with Crippen molar-refractivity contribution in [1.29, 1.82) is 0 Å². The van der Waals surface area contributed by atoms with Crippen LogP contribution < -0.4 is 16.0 Å². The predicted octanol–water partition coefficient (Wildman–Crippen LogP) is 1.90. The van der Waals surface area contributed by atoms with Crippen LogP contribution in [0.25, 0.3) is 0 Å². The minimum absolute atomic E-state index is 0.0908. The van der Waals surface area contributed by atoms with E-state index in [9.17, 15) is 0 Å². The molecule has 0 amide bonds. The van der Waals surface area contributed by atoms with Gasteiger partial charge in [-0.3, -0.25) is 16.3 Å². The fourth-order valence-electron chi connectivity index (χ4n) is 1.62. The fourth-order valence-corrected chi connectivity index (χ4v) is 2.54. The molecule has 0 aliphatic heterocycles. The molecule has 2 aromatic rings. The molecule has 0 aromatic carbocycles. The number of nitrogens with one attached hydrogen (secondary N) is 1. The topological polar surface area (TPSA) is 60.2 Å². The first-order chi connectivity index (χ1) is 8.33. The van der Waals surface area contributed by atoms with Crippen LogP contribution in [-0.2, 0) is 6.42 Å². The number of pyridine rings is 1. The molecule has 1 unspecified atom stereocenters. The third-order valence-electron chi connectivity index (χ3n) is 2.54. The number of thiophene rings is 1. The lowest BCUT2D eigenvalue weighted by Gasteiger charge is -2.13. The highest BCUT2D eigenvalue weighted by Gasteiger charge is 2.13. The van der Waals surface area contributed by atoms with Gasteiger partial charge in [-0.2, -0.15) is 0 Å². The maximum Gasteiger partial charge on any atom is 0.129 e. The molecule has 0 saturated carbocycles. The van der Waals surface area contributed by atoms with Gasteiger partial charge in [-0.1, -0.05) is 6.07 Å². The summed E-state index contributed by atoms with van der Waals surface area (Å²) in [6.45, 7) is 0. The van der Waals surface area contributed by atoms with E-state index in [1.165, 1.54) is 0 Å². The Bertz CT molecular complexity index is 458. The highest BCUT2D eigenvalue weighted by molar-refractivity contribution is 7.10. The predicted molar refractivity (Wildman–Crippen MR) is 68.9 cm³/mol. The molecule has 17 heavy (non-hydrogen) atoms. The van der Waals surface area contributed by atoms with Crippen molar-refractivity contribution in [2.75, 3.05) is 7.11 Å². The van der Waals surface area contributed by atoms with Crippen molar-refractivity contribution >= 4 is 11.3 Å². The van der Waals surface area contributed by atoms with Crippen LogP contribution in [-0.4, -0.2) is 12.1 Å². The molecule has 2 aromatic heterocycles. The van der Waals surface area contributed by atoms with Crippen LogP contribution >= 0.6 is 11.3 Å². The molecule has 2 heterocycles. The fraction of sp³-hybridized carbons (Fsp3) is 0.250. The third-order valence-corrected chi connectivity index (χ3v) is 3.56. The Hall–Kier alpha value is -1.43. The van der Waals surface area contributed by atoms with Gasteiger partial charge in [0.2, 0.25) is 0 Å². The summed E-state index contributed by atoms with van der Waals surface area (Å²) in [5.41, 5.74) is 3.99. The lowest BCUT2D eigenvalue weighted by atomic mass is 10.1. The van der Waals surface area contributed by atoms with Crippen LogP contribution in [0.1, 0.15) is 16.5 Å². The van der Waals surface area contributed by atoms with Crippen molar-refractivity contribution in [3.8, 4) is 5.75 Å². The van der Waals surface area contributed by atoms with Crippen LogP contribution in [0.3, 0.4) is 0 Å². The van der Waals surface area contributed by atoms with Gasteiger partial charge in [0.05, 0.1) is 13.2 Å². The van der Waals surface area contributed by atoms with Gasteiger partial charge in [0, 0.05) is 22.7 Å². The molecule has 4 nitrogen and oxygen atoms in total. The maximum atomic E-state index is 5.60. The van der Waals surface area contributed by atoms with Crippen LogP contribution in [0.5, 0.6) is 5.75 Å². The van der Waals surface area contributed by atoms with Gasteiger partial charge in [-0.25, -0.2) is 0 Å². The smallest absolute Gasteiger partial charge is 0.129 e. The summed E-state index contributed by atoms with van der Waals surface area (Å²) >= 11 is 1.64. The Morgan fingerprint density at radius 3 is 3.06 bits per heavy atom. The molecule has 5 heteroatoms. The van der Waals surface area contributed by atoms with Gasteiger partial charge in [-0.05, 0) is 24.1 Å². The first-order valence-electron chi connectivity index (χ1n) is 5.31. The average molecular weight is 249 g/mol. The van der Waals surface area contributed by atoms with Crippen molar-refractivity contribution in [3.63, 3.8) is 0 Å². The summed E-state index contributed by atoms with van der Waals surface area (Å²) in [4.78, 5) is 5.26. The maximum absolute atomic E-state index is 5.60. The van der Waals surface area contributed by atoms with Crippen molar-refractivity contribution in [3.05, 3.63) is 46.4 Å². The number of ether oxygens (including phenoxy) is 1. The van der Waals surface area contributed by atoms with E-state index in [0.29, 0.717) is 0 Å². The van der Waals surface area contributed by atoms with Crippen LogP contribution in [0.4, 0.5) is 0 Å². The second kappa shape index (κ2) is 5.77. The first kappa shape index (κ1) is 12.0. The molecular weight excluding hydrogens is 234 g/mol. The molecule has 0 spiro atoms. The molecular formula is C12H15N3OS. The van der Waals surface area contributed by atoms with Gasteiger partial charge in [0.1, 0.15) is 5.75 Å². The van der Waals surface area contributed by atoms with Crippen LogP contribution in [0.15, 0.2) is 36.0 Å². The Kier molecular flexibility index (Phi) is 4.08. The Morgan fingerprint density at radius 2 is 2.47 bits per heavy atom. The quantitative estimate of drug-likeness (QED) is 0.627. The molecule has 2 rings (SSSR count). The van der Waals surface area contributed by atoms with E-state index in [4.69, 9.17) is 10.6 Å². The van der Waals surface area contributed by atoms with E-state index >= 15 is 0 Å². The standard InChI is InChI=1S/C12H15N3OS/c1-16-10-6-12(17-8-10)11(15-13)5-9-3-2-4-14-7-9/h2-4,6-8,11,15H,5,13H2,1H3. The molecule has 3 N–H and O–H groups in total. The SMILES string of the molecule is COc1csc(C(Cc2cccnc2)NN)c1. The highest BCUT2D eigenvalue weighted by Crippen LogP contribution is 2.28. The van der Waals surface area contributed by atoms with Gasteiger partial charge >= 0.3 is 0 Å². The summed E-state index contributed by atoms with van der Waals surface area (Å²) in [6.07, 6.45) is 4.44. The minimum Gasteiger partial charge on any atom is -0.496 e. The zero-order chi connectivity index (χ0) is 12.1. The number of nitrogens with zero attached hydrogens (tertiary/aromatic N) is 1. The molecule has 1 atom stereocenters. The number of hydrogen-bond acceptors (Lipinski definition) is 5. The Morgan fingerprint density at radius 1 is 1.59 bits per heavy atom. The van der Waals surface area contributed by atoms with E-state index in [0.717, 1.165) is 22.6 Å². The molecule has 0 fully saturated rings. The van der Waals surface area contributed by atoms with Crippen LogP contribution in [0, 0.1) is 0 Å². The van der Waals surface area contributed by atoms with Crippen molar-refractivity contribution in [2.45, 2.75) is 12.5 Å². The second-order valence-electron chi connectivity index (χ2n) is 3.67. The zero-order valence-corrected chi connectivity index (χ0v) is 10.4. The minimum atomic E-state index is 0.0908. The van der Waals surface area contributed by atoms with Crippen LogP contribution in [0.2, 0.25) is 0 Å². The van der Waals surface area contributed by atoms with E-state index in [2.05, 4.69) is 10.4 Å². The molecule has 0 radical (unpaired) electrons. The number of rotatable bonds is 5. The van der Waals surface area contributed by atoms with E-state index in [1.807, 2.05) is 29.8 Å². The van der Waals surface area contributed by atoms with Crippen molar-refractivity contribution in [1.82, 2.24) is 10.4 Å². The molecule has 90 valence electrons.